The summed E-state index contributed by atoms with van der Waals surface area (Å²) in [5.41, 5.74) is 14.7. The van der Waals surface area contributed by atoms with Crippen LogP contribution in [-0.2, 0) is 6.54 Å². The quantitative estimate of drug-likeness (QED) is 0.452. The van der Waals surface area contributed by atoms with Crippen LogP contribution < -0.4 is 26.4 Å². The number of piperidine rings is 1. The van der Waals surface area contributed by atoms with E-state index in [-0.39, 0.29) is 6.03 Å². The van der Waals surface area contributed by atoms with Crippen LogP contribution in [0, 0.1) is 6.92 Å². The van der Waals surface area contributed by atoms with E-state index in [1.165, 1.54) is 35.5 Å². The van der Waals surface area contributed by atoms with Crippen molar-refractivity contribution in [2.45, 2.75) is 32.7 Å². The number of rotatable bonds is 6. The van der Waals surface area contributed by atoms with Gasteiger partial charge in [0.1, 0.15) is 0 Å². The fourth-order valence-electron chi connectivity index (χ4n) is 4.11. The van der Waals surface area contributed by atoms with E-state index in [1.54, 1.807) is 0 Å². The third-order valence-corrected chi connectivity index (χ3v) is 5.77. The number of carbonyl (C=O) groups is 1. The van der Waals surface area contributed by atoms with E-state index in [2.05, 4.69) is 28.6 Å². The number of hydrogen-bond acceptors (Lipinski definition) is 4. The van der Waals surface area contributed by atoms with E-state index >= 15 is 0 Å². The Bertz CT molecular complexity index is 1050. The highest BCUT2D eigenvalue weighted by molar-refractivity contribution is 6.03. The van der Waals surface area contributed by atoms with Gasteiger partial charge in [0.25, 0.3) is 0 Å². The van der Waals surface area contributed by atoms with Crippen LogP contribution in [0.5, 0.6) is 0 Å². The Kier molecular flexibility index (Phi) is 6.92. The molecule has 0 aliphatic carbocycles. The van der Waals surface area contributed by atoms with Gasteiger partial charge in [-0.15, -0.1) is 0 Å². The van der Waals surface area contributed by atoms with Crippen LogP contribution in [0.2, 0.25) is 0 Å². The normalized spacial score (nSPS) is 13.5. The van der Waals surface area contributed by atoms with Gasteiger partial charge in [-0.05, 0) is 79.8 Å². The van der Waals surface area contributed by atoms with E-state index < -0.39 is 0 Å². The number of nitrogens with one attached hydrogen (secondary N) is 2. The number of para-hydroxylation sites is 1. The van der Waals surface area contributed by atoms with E-state index in [0.717, 1.165) is 35.7 Å². The second kappa shape index (κ2) is 10.2. The molecule has 6 heteroatoms. The summed E-state index contributed by atoms with van der Waals surface area (Å²) in [6.07, 6.45) is 3.78. The highest BCUT2D eigenvalue weighted by Gasteiger charge is 2.18. The average molecular weight is 430 g/mol. The van der Waals surface area contributed by atoms with Gasteiger partial charge in [0.2, 0.25) is 0 Å². The molecule has 0 bridgehead atoms. The van der Waals surface area contributed by atoms with Crippen molar-refractivity contribution in [1.29, 1.82) is 0 Å². The Hall–Kier alpha value is -3.51. The number of carbonyl (C=O) groups excluding carboxylic acids is 1. The molecule has 0 spiro atoms. The van der Waals surface area contributed by atoms with Gasteiger partial charge in [-0.3, -0.25) is 5.43 Å². The van der Waals surface area contributed by atoms with Crippen molar-refractivity contribution in [1.82, 2.24) is 0 Å². The second-order valence-corrected chi connectivity index (χ2v) is 8.17. The second-order valence-electron chi connectivity index (χ2n) is 8.17. The molecule has 0 saturated carbocycles. The number of hydrogen-bond donors (Lipinski definition) is 3. The summed E-state index contributed by atoms with van der Waals surface area (Å²) < 4.78 is 0. The molecule has 1 saturated heterocycles. The van der Waals surface area contributed by atoms with Gasteiger partial charge in [-0.2, -0.15) is 0 Å². The van der Waals surface area contributed by atoms with Crippen LogP contribution in [0.4, 0.5) is 27.5 Å². The Balaban J connectivity index is 1.54. The van der Waals surface area contributed by atoms with Crippen LogP contribution in [0.25, 0.3) is 0 Å². The lowest BCUT2D eigenvalue weighted by atomic mass is 10.1. The molecule has 32 heavy (non-hydrogen) atoms. The molecule has 166 valence electrons. The smallest absolute Gasteiger partial charge is 0.345 e. The summed E-state index contributed by atoms with van der Waals surface area (Å²) in [5.74, 6) is 0. The Morgan fingerprint density at radius 3 is 2.44 bits per heavy atom. The zero-order valence-corrected chi connectivity index (χ0v) is 18.6. The fraction of sp³-hybridized carbons (Fsp3) is 0.269. The van der Waals surface area contributed by atoms with Gasteiger partial charge in [-0.25, -0.2) is 9.80 Å². The van der Waals surface area contributed by atoms with Gasteiger partial charge >= 0.3 is 6.03 Å². The lowest BCUT2D eigenvalue weighted by Gasteiger charge is -2.30. The summed E-state index contributed by atoms with van der Waals surface area (Å²) in [7, 11) is 0. The maximum atomic E-state index is 13.3. The van der Waals surface area contributed by atoms with Gasteiger partial charge in [-0.1, -0.05) is 30.3 Å². The number of nitrogens with two attached hydrogens (primary N) is 1. The number of anilines is 4. The first-order valence-corrected chi connectivity index (χ1v) is 11.2. The van der Waals surface area contributed by atoms with E-state index in [9.17, 15) is 4.79 Å². The Labute approximate surface area is 190 Å². The number of aryl methyl sites for hydroxylation is 1. The molecule has 4 N–H and O–H groups in total. The molecular weight excluding hydrogens is 398 g/mol. The largest absolute Gasteiger partial charge is 0.371 e. The minimum atomic E-state index is -0.264. The highest BCUT2D eigenvalue weighted by Crippen LogP contribution is 2.27. The predicted molar refractivity (Wildman–Crippen MR) is 133 cm³/mol. The molecule has 3 aromatic carbocycles. The van der Waals surface area contributed by atoms with Crippen LogP contribution in [0.1, 0.15) is 30.4 Å². The number of urea groups is 1. The third kappa shape index (κ3) is 5.21. The predicted octanol–water partition coefficient (Wildman–Crippen LogP) is 5.51. The van der Waals surface area contributed by atoms with Gasteiger partial charge in [0, 0.05) is 31.0 Å². The first-order chi connectivity index (χ1) is 15.6. The van der Waals surface area contributed by atoms with Crippen molar-refractivity contribution in [3.05, 3.63) is 83.9 Å². The van der Waals surface area contributed by atoms with Gasteiger partial charge in [0.15, 0.2) is 0 Å². The van der Waals surface area contributed by atoms with Crippen molar-refractivity contribution in [3.63, 3.8) is 0 Å². The molecule has 1 aliphatic rings. The van der Waals surface area contributed by atoms with Crippen molar-refractivity contribution in [2.24, 2.45) is 5.73 Å². The molecule has 6 nitrogen and oxygen atoms in total. The molecule has 1 aliphatic heterocycles. The zero-order chi connectivity index (χ0) is 22.3. The summed E-state index contributed by atoms with van der Waals surface area (Å²) >= 11 is 0. The van der Waals surface area contributed by atoms with Crippen LogP contribution in [0.3, 0.4) is 0 Å². The molecule has 3 aromatic rings. The van der Waals surface area contributed by atoms with E-state index in [4.69, 9.17) is 5.73 Å². The van der Waals surface area contributed by atoms with E-state index in [0.29, 0.717) is 6.54 Å². The molecular formula is C26H31N5O. The Morgan fingerprint density at radius 1 is 0.938 bits per heavy atom. The van der Waals surface area contributed by atoms with Crippen molar-refractivity contribution in [3.8, 4) is 0 Å². The minimum Gasteiger partial charge on any atom is -0.371 e. The number of nitrogens with zero attached hydrogens (tertiary/aromatic N) is 2. The number of benzene rings is 3. The van der Waals surface area contributed by atoms with Crippen molar-refractivity contribution in [2.75, 3.05) is 33.7 Å². The molecule has 2 amide bonds. The molecule has 4 rings (SSSR count). The van der Waals surface area contributed by atoms with Gasteiger partial charge in [0.05, 0.1) is 11.4 Å². The van der Waals surface area contributed by atoms with E-state index in [1.807, 2.05) is 66.7 Å². The van der Waals surface area contributed by atoms with Crippen LogP contribution in [0.15, 0.2) is 72.8 Å². The maximum absolute atomic E-state index is 13.3. The molecule has 1 heterocycles. The molecule has 0 aromatic heterocycles. The molecule has 1 fully saturated rings. The minimum absolute atomic E-state index is 0.264. The van der Waals surface area contributed by atoms with Crippen LogP contribution in [-0.4, -0.2) is 19.1 Å². The average Bonchev–Trinajstić information content (AvgIpc) is 2.84. The fourth-order valence-corrected chi connectivity index (χ4v) is 4.11. The Morgan fingerprint density at radius 2 is 1.72 bits per heavy atom. The van der Waals surface area contributed by atoms with Gasteiger partial charge < -0.3 is 16.0 Å². The highest BCUT2D eigenvalue weighted by atomic mass is 16.2. The third-order valence-electron chi connectivity index (χ3n) is 5.77. The number of hydrazine groups is 1. The van der Waals surface area contributed by atoms with Crippen molar-refractivity contribution < 1.29 is 4.79 Å². The summed E-state index contributed by atoms with van der Waals surface area (Å²) in [6, 6.07) is 23.1. The lowest BCUT2D eigenvalue weighted by molar-refractivity contribution is 0.258. The first-order valence-electron chi connectivity index (χ1n) is 11.2. The topological polar surface area (TPSA) is 73.6 Å². The molecule has 0 atom stereocenters. The standard InChI is InChI=1S/C26H31N5O/c1-20-17-22(13-14-25(20)30-15-6-3-7-16-30)28-26(32)31(24-11-4-2-5-12-24)29-23-10-8-9-21(18-23)19-27/h2,4-5,8-14,17-18,29H,3,6-7,15-16,19,27H2,1H3,(H,28,32). The summed E-state index contributed by atoms with van der Waals surface area (Å²) in [5, 5.41) is 4.56. The molecule has 0 unspecified atom stereocenters. The SMILES string of the molecule is Cc1cc(NC(=O)N(Nc2cccc(CN)c2)c2ccccc2)ccc1N1CCCCC1. The molecule has 0 radical (unpaired) electrons. The lowest BCUT2D eigenvalue weighted by Crippen LogP contribution is -2.39. The summed E-state index contributed by atoms with van der Waals surface area (Å²) in [6.45, 7) is 4.74. The maximum Gasteiger partial charge on any atom is 0.345 e. The van der Waals surface area contributed by atoms with Crippen molar-refractivity contribution >= 4 is 28.8 Å². The summed E-state index contributed by atoms with van der Waals surface area (Å²) in [4.78, 5) is 15.7. The zero-order valence-electron chi connectivity index (χ0n) is 18.6. The monoisotopic (exact) mass is 429 g/mol. The number of amides is 2. The van der Waals surface area contributed by atoms with Crippen LogP contribution >= 0.6 is 0 Å². The first kappa shape index (κ1) is 21.7.